The molecule has 0 N–H and O–H groups in total. The zero-order chi connectivity index (χ0) is 20.4. The highest BCUT2D eigenvalue weighted by Crippen LogP contribution is 2.43. The summed E-state index contributed by atoms with van der Waals surface area (Å²) in [6.45, 7) is 12.0. The van der Waals surface area contributed by atoms with Gasteiger partial charge in [0.1, 0.15) is 17.2 Å². The lowest BCUT2D eigenvalue weighted by Gasteiger charge is -2.31. The van der Waals surface area contributed by atoms with Crippen LogP contribution in [0.4, 0.5) is 0 Å². The number of carbonyl (C=O) groups is 1. The normalized spacial score (nSPS) is 16.3. The van der Waals surface area contributed by atoms with Crippen LogP contribution in [0.15, 0.2) is 17.9 Å². The molecule has 0 bridgehead atoms. The number of carbonyl (C=O) groups excluding carboxylic acids is 1. The van der Waals surface area contributed by atoms with Gasteiger partial charge in [0.2, 0.25) is 4.38 Å². The molecular formula is C20H27NO3S3. The number of benzene rings is 1. The number of hydrogen-bond acceptors (Lipinski definition) is 6. The lowest BCUT2D eigenvalue weighted by atomic mass is 9.91. The molecule has 0 radical (unpaired) electrons. The van der Waals surface area contributed by atoms with Crippen molar-refractivity contribution in [1.29, 1.82) is 0 Å². The van der Waals surface area contributed by atoms with E-state index in [1.54, 1.807) is 0 Å². The molecule has 0 aliphatic carbocycles. The fraction of sp³-hybridized carbons (Fsp3) is 0.500. The van der Waals surface area contributed by atoms with Crippen molar-refractivity contribution in [3.8, 4) is 0 Å². The number of hydroxylamine groups is 2. The van der Waals surface area contributed by atoms with Crippen molar-refractivity contribution in [2.75, 3.05) is 17.9 Å². The molecule has 0 fully saturated rings. The fourth-order valence-corrected chi connectivity index (χ4v) is 4.40. The maximum absolute atomic E-state index is 13.4. The number of rotatable bonds is 6. The summed E-state index contributed by atoms with van der Waals surface area (Å²) in [4.78, 5) is 19.2. The standard InChI is InChI=1S/C20H27NO3S3/c1-8-27-19(25)24-17-16(15-13(3)9-12(2)10-14(15)4)18(22)21(20(17,5)6)23-11-26-7/h9-10H,8,11H2,1-7H3. The third-order valence-corrected chi connectivity index (χ3v) is 5.75. The van der Waals surface area contributed by atoms with Crippen molar-refractivity contribution in [2.45, 2.75) is 47.1 Å². The number of amides is 1. The van der Waals surface area contributed by atoms with Crippen LogP contribution < -0.4 is 0 Å². The van der Waals surface area contributed by atoms with Gasteiger partial charge >= 0.3 is 0 Å². The number of thiocarbonyl (C=S) groups is 1. The maximum Gasteiger partial charge on any atom is 0.282 e. The SMILES string of the molecule is CCSC(=S)OC1=C(c2c(C)cc(C)cc2C)C(=O)N(OCSC)C1(C)C. The van der Waals surface area contributed by atoms with Gasteiger partial charge in [-0.05, 0) is 75.5 Å². The van der Waals surface area contributed by atoms with Gasteiger partial charge in [0.25, 0.3) is 5.91 Å². The van der Waals surface area contributed by atoms with Gasteiger partial charge in [-0.1, -0.05) is 36.4 Å². The van der Waals surface area contributed by atoms with Gasteiger partial charge in [-0.3, -0.25) is 9.63 Å². The Morgan fingerprint density at radius 2 is 1.81 bits per heavy atom. The highest BCUT2D eigenvalue weighted by Gasteiger charge is 2.50. The maximum atomic E-state index is 13.4. The second kappa shape index (κ2) is 8.99. The molecule has 1 amide bonds. The fourth-order valence-electron chi connectivity index (χ4n) is 3.38. The van der Waals surface area contributed by atoms with Gasteiger partial charge in [-0.15, -0.1) is 11.8 Å². The van der Waals surface area contributed by atoms with Crippen LogP contribution in [0.1, 0.15) is 43.0 Å². The van der Waals surface area contributed by atoms with Crippen molar-refractivity contribution in [3.05, 3.63) is 40.1 Å². The zero-order valence-corrected chi connectivity index (χ0v) is 19.4. The van der Waals surface area contributed by atoms with Crippen molar-refractivity contribution in [2.24, 2.45) is 0 Å². The van der Waals surface area contributed by atoms with Crippen LogP contribution in [0.3, 0.4) is 0 Å². The zero-order valence-electron chi connectivity index (χ0n) is 17.0. The van der Waals surface area contributed by atoms with E-state index in [-0.39, 0.29) is 5.91 Å². The van der Waals surface area contributed by atoms with Crippen LogP contribution in [-0.4, -0.2) is 38.8 Å². The summed E-state index contributed by atoms with van der Waals surface area (Å²) in [5, 5.41) is 1.42. The van der Waals surface area contributed by atoms with Gasteiger partial charge in [-0.2, -0.15) is 0 Å². The molecule has 148 valence electrons. The molecule has 4 nitrogen and oxygen atoms in total. The molecule has 0 aromatic heterocycles. The van der Waals surface area contributed by atoms with E-state index < -0.39 is 5.54 Å². The van der Waals surface area contributed by atoms with Crippen molar-refractivity contribution >= 4 is 51.6 Å². The number of nitrogens with zero attached hydrogens (tertiary/aromatic N) is 1. The minimum Gasteiger partial charge on any atom is -0.441 e. The average molecular weight is 426 g/mol. The Bertz CT molecular complexity index is 764. The highest BCUT2D eigenvalue weighted by atomic mass is 32.2. The molecule has 1 aliphatic rings. The Morgan fingerprint density at radius 1 is 1.22 bits per heavy atom. The van der Waals surface area contributed by atoms with Gasteiger partial charge < -0.3 is 4.74 Å². The molecule has 1 heterocycles. The predicted molar refractivity (Wildman–Crippen MR) is 120 cm³/mol. The van der Waals surface area contributed by atoms with E-state index in [0.717, 1.165) is 28.0 Å². The molecule has 0 atom stereocenters. The predicted octanol–water partition coefficient (Wildman–Crippen LogP) is 5.25. The molecule has 0 saturated carbocycles. The minimum absolute atomic E-state index is 0.191. The Kier molecular flexibility index (Phi) is 7.41. The van der Waals surface area contributed by atoms with Crippen LogP contribution in [0, 0.1) is 20.8 Å². The summed E-state index contributed by atoms with van der Waals surface area (Å²) in [6.07, 6.45) is 1.93. The first kappa shape index (κ1) is 22.3. The summed E-state index contributed by atoms with van der Waals surface area (Å²) in [7, 11) is 0. The second-order valence-electron chi connectivity index (χ2n) is 6.96. The van der Waals surface area contributed by atoms with Crippen LogP contribution in [0.25, 0.3) is 5.57 Å². The smallest absolute Gasteiger partial charge is 0.282 e. The van der Waals surface area contributed by atoms with Crippen LogP contribution in [0.5, 0.6) is 0 Å². The quantitative estimate of drug-likeness (QED) is 0.458. The lowest BCUT2D eigenvalue weighted by molar-refractivity contribution is -0.192. The van der Waals surface area contributed by atoms with E-state index in [1.165, 1.54) is 28.6 Å². The molecule has 1 aromatic rings. The molecule has 0 unspecified atom stereocenters. The lowest BCUT2D eigenvalue weighted by Crippen LogP contribution is -2.44. The van der Waals surface area contributed by atoms with Crippen LogP contribution in [-0.2, 0) is 14.4 Å². The highest BCUT2D eigenvalue weighted by molar-refractivity contribution is 8.22. The van der Waals surface area contributed by atoms with Crippen molar-refractivity contribution in [1.82, 2.24) is 5.06 Å². The summed E-state index contributed by atoms with van der Waals surface area (Å²) in [6, 6.07) is 4.16. The minimum atomic E-state index is -0.760. The average Bonchev–Trinajstić information content (AvgIpc) is 2.72. The first-order valence-electron chi connectivity index (χ1n) is 8.79. The summed E-state index contributed by atoms with van der Waals surface area (Å²) in [5.74, 6) is 1.55. The van der Waals surface area contributed by atoms with E-state index in [0.29, 0.717) is 21.7 Å². The van der Waals surface area contributed by atoms with Gasteiger partial charge in [0.05, 0.1) is 5.57 Å². The largest absolute Gasteiger partial charge is 0.441 e. The Labute approximate surface area is 176 Å². The van der Waals surface area contributed by atoms with Gasteiger partial charge in [0.15, 0.2) is 0 Å². The molecule has 2 rings (SSSR count). The Balaban J connectivity index is 2.65. The molecular weight excluding hydrogens is 398 g/mol. The third-order valence-electron chi connectivity index (χ3n) is 4.36. The molecule has 27 heavy (non-hydrogen) atoms. The van der Waals surface area contributed by atoms with E-state index in [9.17, 15) is 4.79 Å². The summed E-state index contributed by atoms with van der Waals surface area (Å²) in [5.41, 5.74) is 3.91. The first-order chi connectivity index (χ1) is 12.6. The topological polar surface area (TPSA) is 38.8 Å². The Morgan fingerprint density at radius 3 is 2.33 bits per heavy atom. The van der Waals surface area contributed by atoms with E-state index in [4.69, 9.17) is 21.8 Å². The third kappa shape index (κ3) is 4.53. The number of ether oxygens (including phenoxy) is 1. The van der Waals surface area contributed by atoms with Crippen LogP contribution >= 0.6 is 35.7 Å². The summed E-state index contributed by atoms with van der Waals surface area (Å²) < 4.78 is 6.50. The van der Waals surface area contributed by atoms with E-state index in [2.05, 4.69) is 19.1 Å². The van der Waals surface area contributed by atoms with E-state index in [1.807, 2.05) is 40.9 Å². The van der Waals surface area contributed by atoms with Crippen molar-refractivity contribution < 1.29 is 14.4 Å². The Hall–Kier alpha value is -1.02. The molecule has 1 aromatic carbocycles. The van der Waals surface area contributed by atoms with E-state index >= 15 is 0 Å². The second-order valence-corrected chi connectivity index (χ2v) is 9.64. The van der Waals surface area contributed by atoms with Gasteiger partial charge in [-0.25, -0.2) is 5.06 Å². The monoisotopic (exact) mass is 425 g/mol. The molecule has 7 heteroatoms. The number of thioether (sulfide) groups is 2. The van der Waals surface area contributed by atoms with Crippen LogP contribution in [0.2, 0.25) is 0 Å². The number of hydrogen-bond donors (Lipinski definition) is 0. The summed E-state index contributed by atoms with van der Waals surface area (Å²) >= 11 is 8.34. The van der Waals surface area contributed by atoms with Gasteiger partial charge in [0, 0.05) is 0 Å². The van der Waals surface area contributed by atoms with Crippen molar-refractivity contribution in [3.63, 3.8) is 0 Å². The molecule has 0 saturated heterocycles. The first-order valence-corrected chi connectivity index (χ1v) is 11.6. The molecule has 0 spiro atoms. The molecule has 1 aliphatic heterocycles. The number of aryl methyl sites for hydroxylation is 3.